The quantitative estimate of drug-likeness (QED) is 0.667. The molecule has 3 aliphatic rings. The van der Waals surface area contributed by atoms with E-state index in [0.29, 0.717) is 5.92 Å². The van der Waals surface area contributed by atoms with Crippen LogP contribution in [0, 0.1) is 29.1 Å². The summed E-state index contributed by atoms with van der Waals surface area (Å²) in [7, 11) is 0. The third-order valence-corrected chi connectivity index (χ3v) is 4.80. The van der Waals surface area contributed by atoms with Gasteiger partial charge in [0.1, 0.15) is 12.2 Å². The van der Waals surface area contributed by atoms with E-state index in [2.05, 4.69) is 6.92 Å². The minimum Gasteiger partial charge on any atom is -0.458 e. The van der Waals surface area contributed by atoms with E-state index in [4.69, 9.17) is 9.47 Å². The van der Waals surface area contributed by atoms with Crippen LogP contribution in [-0.4, -0.2) is 24.1 Å². The molecule has 0 aromatic heterocycles. The Morgan fingerprint density at radius 1 is 1.33 bits per heavy atom. The van der Waals surface area contributed by atoms with Crippen LogP contribution in [0.5, 0.6) is 0 Å². The number of hydrogen-bond donors (Lipinski definition) is 0. The summed E-state index contributed by atoms with van der Waals surface area (Å²) in [5.74, 6) is 0.600. The maximum absolute atomic E-state index is 12.0. The summed E-state index contributed by atoms with van der Waals surface area (Å²) in [6.07, 6.45) is 0.555. The first-order chi connectivity index (χ1) is 8.30. The van der Waals surface area contributed by atoms with E-state index in [1.54, 1.807) is 0 Å². The van der Waals surface area contributed by atoms with Gasteiger partial charge in [0.05, 0.1) is 11.3 Å². The van der Waals surface area contributed by atoms with Gasteiger partial charge in [-0.3, -0.25) is 9.59 Å². The fourth-order valence-corrected chi connectivity index (χ4v) is 3.80. The van der Waals surface area contributed by atoms with Crippen molar-refractivity contribution in [2.45, 2.75) is 46.3 Å². The third-order valence-electron chi connectivity index (χ3n) is 4.80. The lowest BCUT2D eigenvalue weighted by atomic mass is 9.79. The molecule has 3 rings (SSSR count). The summed E-state index contributed by atoms with van der Waals surface area (Å²) in [5.41, 5.74) is -0.507. The fraction of sp³-hybridized carbons (Fsp3) is 0.857. The Morgan fingerprint density at radius 2 is 2.00 bits per heavy atom. The number of carbonyl (C=O) groups is 2. The van der Waals surface area contributed by atoms with Gasteiger partial charge in [-0.15, -0.1) is 0 Å². The molecule has 4 heteroatoms. The van der Waals surface area contributed by atoms with Crippen molar-refractivity contribution in [3.63, 3.8) is 0 Å². The zero-order valence-corrected chi connectivity index (χ0v) is 11.3. The Labute approximate surface area is 107 Å². The fourth-order valence-electron chi connectivity index (χ4n) is 3.80. The van der Waals surface area contributed by atoms with Gasteiger partial charge in [-0.05, 0) is 33.1 Å². The van der Waals surface area contributed by atoms with E-state index in [9.17, 15) is 9.59 Å². The van der Waals surface area contributed by atoms with Crippen molar-refractivity contribution >= 4 is 11.9 Å². The maximum Gasteiger partial charge on any atom is 0.311 e. The van der Waals surface area contributed by atoms with Gasteiger partial charge >= 0.3 is 11.9 Å². The number of esters is 2. The van der Waals surface area contributed by atoms with E-state index >= 15 is 0 Å². The SMILES string of the molecule is CC1C2CC3C(OC(=O)C13)C2OC(=O)C(C)(C)C. The molecule has 2 aliphatic carbocycles. The predicted molar refractivity (Wildman–Crippen MR) is 63.5 cm³/mol. The Balaban J connectivity index is 1.80. The molecule has 2 bridgehead atoms. The van der Waals surface area contributed by atoms with Crippen LogP contribution in [0.25, 0.3) is 0 Å². The summed E-state index contributed by atoms with van der Waals surface area (Å²) in [4.78, 5) is 23.8. The zero-order chi connectivity index (χ0) is 13.2. The predicted octanol–water partition coefficient (Wildman–Crippen LogP) is 1.77. The van der Waals surface area contributed by atoms with E-state index in [-0.39, 0.29) is 41.9 Å². The molecule has 1 aliphatic heterocycles. The lowest BCUT2D eigenvalue weighted by Crippen LogP contribution is -2.41. The lowest BCUT2D eigenvalue weighted by Gasteiger charge is -2.31. The van der Waals surface area contributed by atoms with Crippen molar-refractivity contribution < 1.29 is 19.1 Å². The number of carbonyl (C=O) groups excluding carboxylic acids is 2. The highest BCUT2D eigenvalue weighted by Gasteiger charge is 2.66. The molecule has 6 atom stereocenters. The summed E-state index contributed by atoms with van der Waals surface area (Å²) < 4.78 is 11.1. The third kappa shape index (κ3) is 1.44. The molecule has 4 nitrogen and oxygen atoms in total. The number of rotatable bonds is 1. The number of ether oxygens (including phenoxy) is 2. The highest BCUT2D eigenvalue weighted by molar-refractivity contribution is 5.78. The average Bonchev–Trinajstić information content (AvgIpc) is 2.81. The molecule has 0 aromatic rings. The van der Waals surface area contributed by atoms with Gasteiger partial charge in [0.2, 0.25) is 0 Å². The van der Waals surface area contributed by atoms with Gasteiger partial charge in [-0.25, -0.2) is 0 Å². The largest absolute Gasteiger partial charge is 0.458 e. The topological polar surface area (TPSA) is 52.6 Å². The molecule has 100 valence electrons. The molecule has 0 spiro atoms. The van der Waals surface area contributed by atoms with Crippen LogP contribution in [0.3, 0.4) is 0 Å². The van der Waals surface area contributed by atoms with Crippen LogP contribution in [-0.2, 0) is 19.1 Å². The summed E-state index contributed by atoms with van der Waals surface area (Å²) >= 11 is 0. The summed E-state index contributed by atoms with van der Waals surface area (Å²) in [6.45, 7) is 7.61. The highest BCUT2D eigenvalue weighted by atomic mass is 16.6. The van der Waals surface area contributed by atoms with Gasteiger partial charge < -0.3 is 9.47 Å². The molecule has 18 heavy (non-hydrogen) atoms. The Kier molecular flexibility index (Phi) is 2.32. The minimum absolute atomic E-state index is 0.0459. The van der Waals surface area contributed by atoms with Crippen LogP contribution in [0.1, 0.15) is 34.1 Å². The van der Waals surface area contributed by atoms with Gasteiger partial charge in [0.15, 0.2) is 0 Å². The highest BCUT2D eigenvalue weighted by Crippen LogP contribution is 2.58. The number of hydrogen-bond acceptors (Lipinski definition) is 4. The Bertz CT molecular complexity index is 409. The number of fused-ring (bicyclic) bond motifs is 1. The molecular formula is C14H20O4. The second-order valence-corrected chi connectivity index (χ2v) is 6.97. The molecule has 0 amide bonds. The standard InChI is InChI=1S/C14H20O4/c1-6-7-5-8-9(6)12(15)17-11(8)10(7)18-13(16)14(2,3)4/h6-11H,5H2,1-4H3. The van der Waals surface area contributed by atoms with E-state index in [1.165, 1.54) is 0 Å². The Morgan fingerprint density at radius 3 is 2.61 bits per heavy atom. The Hall–Kier alpha value is -1.06. The van der Waals surface area contributed by atoms with Crippen molar-refractivity contribution in [3.8, 4) is 0 Å². The van der Waals surface area contributed by atoms with Gasteiger partial charge in [0, 0.05) is 11.8 Å². The van der Waals surface area contributed by atoms with E-state index < -0.39 is 5.41 Å². The van der Waals surface area contributed by atoms with Crippen molar-refractivity contribution in [2.75, 3.05) is 0 Å². The lowest BCUT2D eigenvalue weighted by molar-refractivity contribution is -0.170. The van der Waals surface area contributed by atoms with Crippen molar-refractivity contribution in [1.82, 2.24) is 0 Å². The molecule has 2 saturated carbocycles. The zero-order valence-electron chi connectivity index (χ0n) is 11.3. The van der Waals surface area contributed by atoms with Gasteiger partial charge in [-0.2, -0.15) is 0 Å². The summed E-state index contributed by atoms with van der Waals surface area (Å²) in [5, 5.41) is 0. The summed E-state index contributed by atoms with van der Waals surface area (Å²) in [6, 6.07) is 0. The second-order valence-electron chi connectivity index (χ2n) is 6.97. The first-order valence-corrected chi connectivity index (χ1v) is 6.72. The second kappa shape index (κ2) is 3.49. The monoisotopic (exact) mass is 252 g/mol. The smallest absolute Gasteiger partial charge is 0.311 e. The van der Waals surface area contributed by atoms with Crippen molar-refractivity contribution in [3.05, 3.63) is 0 Å². The van der Waals surface area contributed by atoms with Crippen LogP contribution >= 0.6 is 0 Å². The molecule has 1 saturated heterocycles. The molecular weight excluding hydrogens is 232 g/mol. The van der Waals surface area contributed by atoms with E-state index in [1.807, 2.05) is 20.8 Å². The van der Waals surface area contributed by atoms with Gasteiger partial charge in [-0.1, -0.05) is 6.92 Å². The average molecular weight is 252 g/mol. The van der Waals surface area contributed by atoms with Crippen LogP contribution in [0.2, 0.25) is 0 Å². The normalized spacial score (nSPS) is 45.2. The first-order valence-electron chi connectivity index (χ1n) is 6.72. The first kappa shape index (κ1) is 12.0. The van der Waals surface area contributed by atoms with Crippen LogP contribution in [0.15, 0.2) is 0 Å². The molecule has 0 N–H and O–H groups in total. The molecule has 3 fully saturated rings. The molecule has 0 radical (unpaired) electrons. The molecule has 0 aromatic carbocycles. The van der Waals surface area contributed by atoms with Crippen LogP contribution in [0.4, 0.5) is 0 Å². The van der Waals surface area contributed by atoms with Crippen molar-refractivity contribution in [2.24, 2.45) is 29.1 Å². The minimum atomic E-state index is -0.507. The van der Waals surface area contributed by atoms with Crippen molar-refractivity contribution in [1.29, 1.82) is 0 Å². The van der Waals surface area contributed by atoms with E-state index in [0.717, 1.165) is 6.42 Å². The molecule has 6 unspecified atom stereocenters. The van der Waals surface area contributed by atoms with Gasteiger partial charge in [0.25, 0.3) is 0 Å². The maximum atomic E-state index is 12.0. The van der Waals surface area contributed by atoms with Crippen LogP contribution < -0.4 is 0 Å². The molecule has 1 heterocycles.